The molecule has 0 aliphatic rings. The highest BCUT2D eigenvalue weighted by Crippen LogP contribution is 2.25. The monoisotopic (exact) mass is 436 g/mol. The Kier molecular flexibility index (Phi) is 7.89. The fourth-order valence-corrected chi connectivity index (χ4v) is 3.98. The Morgan fingerprint density at radius 2 is 2.06 bits per heavy atom. The predicted octanol–water partition coefficient (Wildman–Crippen LogP) is 5.21. The molecular weight excluding hydrogens is 408 g/mol. The summed E-state index contributed by atoms with van der Waals surface area (Å²) < 4.78 is 8.00. The number of nitrogens with zero attached hydrogens (tertiary/aromatic N) is 3. The van der Waals surface area contributed by atoms with E-state index in [9.17, 15) is 4.79 Å². The number of anilines is 1. The van der Waals surface area contributed by atoms with Crippen molar-refractivity contribution in [2.75, 3.05) is 11.1 Å². The molecular formula is C24H28N4O2S. The van der Waals surface area contributed by atoms with Crippen LogP contribution in [0.15, 0.2) is 66.3 Å². The highest BCUT2D eigenvalue weighted by Gasteiger charge is 2.20. The summed E-state index contributed by atoms with van der Waals surface area (Å²) in [4.78, 5) is 12.5. The van der Waals surface area contributed by atoms with Gasteiger partial charge in [0.05, 0.1) is 5.75 Å². The number of thioether (sulfide) groups is 1. The summed E-state index contributed by atoms with van der Waals surface area (Å²) >= 11 is 1.35. The number of carbonyl (C=O) groups is 1. The van der Waals surface area contributed by atoms with Crippen molar-refractivity contribution in [2.45, 2.75) is 45.0 Å². The van der Waals surface area contributed by atoms with Crippen LogP contribution in [0.5, 0.6) is 5.75 Å². The molecule has 1 amide bonds. The molecule has 0 radical (unpaired) electrons. The fourth-order valence-electron chi connectivity index (χ4n) is 3.22. The lowest BCUT2D eigenvalue weighted by Crippen LogP contribution is -2.16. The van der Waals surface area contributed by atoms with Crippen LogP contribution < -0.4 is 10.1 Å². The van der Waals surface area contributed by atoms with E-state index in [-0.39, 0.29) is 17.8 Å². The summed E-state index contributed by atoms with van der Waals surface area (Å²) in [7, 11) is 0. The van der Waals surface area contributed by atoms with Crippen LogP contribution in [0.25, 0.3) is 0 Å². The van der Waals surface area contributed by atoms with E-state index in [0.717, 1.165) is 29.0 Å². The van der Waals surface area contributed by atoms with Crippen LogP contribution in [0.2, 0.25) is 0 Å². The van der Waals surface area contributed by atoms with Gasteiger partial charge >= 0.3 is 0 Å². The first-order valence-electron chi connectivity index (χ1n) is 10.3. The SMILES string of the molecule is C=CCn1c(SCC(=O)Nc2ccccc2CC)nnc1C(C)Oc1cccc(C)c1. The molecule has 7 heteroatoms. The lowest BCUT2D eigenvalue weighted by atomic mass is 10.1. The molecule has 0 saturated carbocycles. The molecule has 0 saturated heterocycles. The summed E-state index contributed by atoms with van der Waals surface area (Å²) in [6, 6.07) is 15.7. The number of aromatic nitrogens is 3. The van der Waals surface area contributed by atoms with E-state index in [1.54, 1.807) is 6.08 Å². The van der Waals surface area contributed by atoms with Gasteiger partial charge < -0.3 is 10.1 Å². The number of benzene rings is 2. The number of nitrogens with one attached hydrogen (secondary N) is 1. The molecule has 2 aromatic carbocycles. The van der Waals surface area contributed by atoms with Crippen molar-refractivity contribution in [3.63, 3.8) is 0 Å². The maximum absolute atomic E-state index is 12.5. The van der Waals surface area contributed by atoms with Gasteiger partial charge in [0.15, 0.2) is 17.1 Å². The van der Waals surface area contributed by atoms with Gasteiger partial charge in [0, 0.05) is 12.2 Å². The van der Waals surface area contributed by atoms with Gasteiger partial charge in [0.2, 0.25) is 5.91 Å². The Labute approximate surface area is 187 Å². The van der Waals surface area contributed by atoms with Gasteiger partial charge in [-0.2, -0.15) is 0 Å². The molecule has 0 fully saturated rings. The number of hydrogen-bond acceptors (Lipinski definition) is 5. The maximum Gasteiger partial charge on any atom is 0.234 e. The number of ether oxygens (including phenoxy) is 1. The van der Waals surface area contributed by atoms with Crippen LogP contribution >= 0.6 is 11.8 Å². The number of carbonyl (C=O) groups excluding carboxylic acids is 1. The molecule has 0 aliphatic carbocycles. The van der Waals surface area contributed by atoms with Crippen LogP contribution in [-0.2, 0) is 17.8 Å². The average molecular weight is 437 g/mol. The molecule has 1 aromatic heterocycles. The van der Waals surface area contributed by atoms with Crippen molar-refractivity contribution in [2.24, 2.45) is 0 Å². The van der Waals surface area contributed by atoms with E-state index in [4.69, 9.17) is 4.74 Å². The maximum atomic E-state index is 12.5. The van der Waals surface area contributed by atoms with Crippen molar-refractivity contribution in [3.8, 4) is 5.75 Å². The molecule has 1 atom stereocenters. The Morgan fingerprint density at radius 1 is 1.26 bits per heavy atom. The quantitative estimate of drug-likeness (QED) is 0.349. The van der Waals surface area contributed by atoms with Gasteiger partial charge in [-0.3, -0.25) is 9.36 Å². The number of rotatable bonds is 10. The van der Waals surface area contributed by atoms with Crippen molar-refractivity contribution in [3.05, 3.63) is 78.1 Å². The Morgan fingerprint density at radius 3 is 2.81 bits per heavy atom. The molecule has 1 unspecified atom stereocenters. The smallest absolute Gasteiger partial charge is 0.234 e. The zero-order valence-corrected chi connectivity index (χ0v) is 19.0. The first-order valence-corrected chi connectivity index (χ1v) is 11.3. The number of para-hydroxylation sites is 1. The van der Waals surface area contributed by atoms with E-state index in [1.807, 2.05) is 66.9 Å². The second kappa shape index (κ2) is 10.8. The summed E-state index contributed by atoms with van der Waals surface area (Å²) in [5, 5.41) is 12.3. The molecule has 1 N–H and O–H groups in total. The first-order chi connectivity index (χ1) is 15.0. The largest absolute Gasteiger partial charge is 0.483 e. The third-order valence-corrected chi connectivity index (χ3v) is 5.69. The molecule has 0 aliphatic heterocycles. The van der Waals surface area contributed by atoms with Crippen LogP contribution in [0.3, 0.4) is 0 Å². The lowest BCUT2D eigenvalue weighted by Gasteiger charge is -2.16. The zero-order chi connectivity index (χ0) is 22.2. The second-order valence-corrected chi connectivity index (χ2v) is 8.11. The molecule has 6 nitrogen and oxygen atoms in total. The minimum Gasteiger partial charge on any atom is -0.483 e. The molecule has 3 aromatic rings. The molecule has 1 heterocycles. The minimum absolute atomic E-state index is 0.0790. The second-order valence-electron chi connectivity index (χ2n) is 7.16. The van der Waals surface area contributed by atoms with E-state index in [1.165, 1.54) is 11.8 Å². The third kappa shape index (κ3) is 5.98. The van der Waals surface area contributed by atoms with Gasteiger partial charge in [-0.1, -0.05) is 55.1 Å². The average Bonchev–Trinajstić information content (AvgIpc) is 3.16. The van der Waals surface area contributed by atoms with E-state index in [2.05, 4.69) is 29.0 Å². The van der Waals surface area contributed by atoms with Gasteiger partial charge in [-0.05, 0) is 49.6 Å². The van der Waals surface area contributed by atoms with Crippen LogP contribution in [-0.4, -0.2) is 26.4 Å². The number of aryl methyl sites for hydroxylation is 2. The topological polar surface area (TPSA) is 69.0 Å². The Balaban J connectivity index is 1.68. The Bertz CT molecular complexity index is 1050. The number of hydrogen-bond donors (Lipinski definition) is 1. The summed E-state index contributed by atoms with van der Waals surface area (Å²) in [5.74, 6) is 1.63. The standard InChI is InChI=1S/C24H28N4O2S/c1-5-14-28-23(18(4)30-20-12-9-10-17(3)15-20)26-27-24(28)31-16-22(29)25-21-13-8-7-11-19(21)6-2/h5,7-13,15,18H,1,6,14,16H2,2-4H3,(H,25,29). The highest BCUT2D eigenvalue weighted by molar-refractivity contribution is 7.99. The van der Waals surface area contributed by atoms with Gasteiger partial charge in [0.1, 0.15) is 5.75 Å². The van der Waals surface area contributed by atoms with Crippen LogP contribution in [0.4, 0.5) is 5.69 Å². The summed E-state index contributed by atoms with van der Waals surface area (Å²) in [5.41, 5.74) is 3.09. The van der Waals surface area contributed by atoms with Crippen LogP contribution in [0.1, 0.15) is 36.9 Å². The van der Waals surface area contributed by atoms with Gasteiger partial charge in [0.25, 0.3) is 0 Å². The van der Waals surface area contributed by atoms with Gasteiger partial charge in [-0.15, -0.1) is 16.8 Å². The normalized spacial score (nSPS) is 11.7. The van der Waals surface area contributed by atoms with Gasteiger partial charge in [-0.25, -0.2) is 0 Å². The first kappa shape index (κ1) is 22.6. The lowest BCUT2D eigenvalue weighted by molar-refractivity contribution is -0.113. The van der Waals surface area contributed by atoms with Crippen molar-refractivity contribution in [1.82, 2.24) is 14.8 Å². The van der Waals surface area contributed by atoms with Crippen molar-refractivity contribution in [1.29, 1.82) is 0 Å². The van der Waals surface area contributed by atoms with E-state index in [0.29, 0.717) is 17.5 Å². The Hall–Kier alpha value is -3.06. The molecule has 0 spiro atoms. The summed E-state index contributed by atoms with van der Waals surface area (Å²) in [6.45, 7) is 10.4. The van der Waals surface area contributed by atoms with Crippen molar-refractivity contribution >= 4 is 23.4 Å². The molecule has 0 bridgehead atoms. The van der Waals surface area contributed by atoms with Crippen LogP contribution in [0, 0.1) is 6.92 Å². The zero-order valence-electron chi connectivity index (χ0n) is 18.2. The fraction of sp³-hybridized carbons (Fsp3) is 0.292. The molecule has 31 heavy (non-hydrogen) atoms. The summed E-state index contributed by atoms with van der Waals surface area (Å²) in [6.07, 6.45) is 2.35. The minimum atomic E-state index is -0.297. The van der Waals surface area contributed by atoms with Crippen molar-refractivity contribution < 1.29 is 9.53 Å². The number of amides is 1. The number of allylic oxidation sites excluding steroid dienone is 1. The molecule has 162 valence electrons. The molecule has 3 rings (SSSR count). The van der Waals surface area contributed by atoms with E-state index >= 15 is 0 Å². The third-order valence-electron chi connectivity index (χ3n) is 4.73. The highest BCUT2D eigenvalue weighted by atomic mass is 32.2. The predicted molar refractivity (Wildman–Crippen MR) is 126 cm³/mol. The van der Waals surface area contributed by atoms with E-state index < -0.39 is 0 Å².